The summed E-state index contributed by atoms with van der Waals surface area (Å²) in [6.07, 6.45) is 7.51. The lowest BCUT2D eigenvalue weighted by molar-refractivity contribution is 0.0515. The molecule has 7 heteroatoms. The lowest BCUT2D eigenvalue weighted by Crippen LogP contribution is -2.45. The molecule has 0 spiro atoms. The van der Waals surface area contributed by atoms with Gasteiger partial charge in [0.05, 0.1) is 11.9 Å². The van der Waals surface area contributed by atoms with Crippen molar-refractivity contribution in [2.75, 3.05) is 36.5 Å². The molecule has 1 unspecified atom stereocenters. The van der Waals surface area contributed by atoms with E-state index in [1.807, 2.05) is 18.3 Å². The Morgan fingerprint density at radius 2 is 2.10 bits per heavy atom. The third-order valence-corrected chi connectivity index (χ3v) is 7.06. The van der Waals surface area contributed by atoms with Gasteiger partial charge in [0, 0.05) is 42.8 Å². The van der Waals surface area contributed by atoms with Crippen molar-refractivity contribution in [2.24, 2.45) is 0 Å². The predicted octanol–water partition coefficient (Wildman–Crippen LogP) is 5.15. The van der Waals surface area contributed by atoms with E-state index in [0.717, 1.165) is 55.7 Å². The lowest BCUT2D eigenvalue weighted by Gasteiger charge is -2.38. The molecule has 2 saturated heterocycles. The molecule has 2 fully saturated rings. The molecule has 166 valence electrons. The summed E-state index contributed by atoms with van der Waals surface area (Å²) >= 11 is 11.9. The summed E-state index contributed by atoms with van der Waals surface area (Å²) in [6, 6.07) is 12.8. The smallest absolute Gasteiger partial charge is 0.170 e. The minimum Gasteiger partial charge on any atom is -0.381 e. The van der Waals surface area contributed by atoms with E-state index in [1.165, 1.54) is 24.8 Å². The summed E-state index contributed by atoms with van der Waals surface area (Å²) in [5.74, 6) is 1.04. The first-order chi connectivity index (χ1) is 15.1. The molecule has 2 aliphatic heterocycles. The van der Waals surface area contributed by atoms with Crippen LogP contribution in [0.4, 0.5) is 11.5 Å². The number of benzene rings is 1. The van der Waals surface area contributed by atoms with Crippen LogP contribution in [0.1, 0.15) is 44.6 Å². The zero-order chi connectivity index (χ0) is 21.7. The first-order valence-corrected chi connectivity index (χ1v) is 12.0. The summed E-state index contributed by atoms with van der Waals surface area (Å²) in [5, 5.41) is 8.08. The molecule has 1 aromatic heterocycles. The average molecular weight is 459 g/mol. The van der Waals surface area contributed by atoms with E-state index >= 15 is 0 Å². The van der Waals surface area contributed by atoms with Crippen LogP contribution in [0.2, 0.25) is 5.02 Å². The highest BCUT2D eigenvalue weighted by atomic mass is 35.5. The Labute approximate surface area is 195 Å². The van der Waals surface area contributed by atoms with Gasteiger partial charge in [-0.25, -0.2) is 4.98 Å². The maximum absolute atomic E-state index is 6.27. The van der Waals surface area contributed by atoms with Gasteiger partial charge in [-0.15, -0.1) is 0 Å². The van der Waals surface area contributed by atoms with Crippen molar-refractivity contribution in [2.45, 2.75) is 50.5 Å². The maximum atomic E-state index is 6.27. The molecule has 31 heavy (non-hydrogen) atoms. The van der Waals surface area contributed by atoms with Crippen molar-refractivity contribution in [1.82, 2.24) is 10.3 Å². The highest BCUT2D eigenvalue weighted by Crippen LogP contribution is 2.35. The normalized spacial score (nSPS) is 20.8. The number of aromatic nitrogens is 1. The quantitative estimate of drug-likeness (QED) is 0.604. The molecule has 1 aromatic carbocycles. The van der Waals surface area contributed by atoms with Crippen molar-refractivity contribution in [3.63, 3.8) is 0 Å². The second kappa shape index (κ2) is 10.2. The number of piperidine rings is 1. The van der Waals surface area contributed by atoms with Crippen LogP contribution in [-0.2, 0) is 10.2 Å². The van der Waals surface area contributed by atoms with Crippen LogP contribution in [0.5, 0.6) is 0 Å². The van der Waals surface area contributed by atoms with E-state index in [-0.39, 0.29) is 5.41 Å². The second-order valence-electron chi connectivity index (χ2n) is 8.65. The Hall–Kier alpha value is -1.89. The molecule has 0 amide bonds. The van der Waals surface area contributed by atoms with Crippen molar-refractivity contribution in [1.29, 1.82) is 0 Å². The van der Waals surface area contributed by atoms with E-state index in [4.69, 9.17) is 28.6 Å². The minimum absolute atomic E-state index is 0.0403. The van der Waals surface area contributed by atoms with Gasteiger partial charge < -0.3 is 20.3 Å². The van der Waals surface area contributed by atoms with Gasteiger partial charge in [0.25, 0.3) is 0 Å². The third-order valence-electron chi connectivity index (χ3n) is 6.58. The van der Waals surface area contributed by atoms with Gasteiger partial charge >= 0.3 is 0 Å². The van der Waals surface area contributed by atoms with Crippen molar-refractivity contribution in [3.8, 4) is 0 Å². The molecule has 0 bridgehead atoms. The maximum Gasteiger partial charge on any atom is 0.170 e. The molecule has 1 atom stereocenters. The molecular weight excluding hydrogens is 428 g/mol. The number of pyridine rings is 1. The summed E-state index contributed by atoms with van der Waals surface area (Å²) in [6.45, 7) is 5.58. The SMILES string of the molecule is CC1CCCCN1c1ccc(NC(=S)NCC2(c3cccc(Cl)c3)CCOCC2)cn1. The van der Waals surface area contributed by atoms with Gasteiger partial charge in [-0.05, 0) is 81.1 Å². The third kappa shape index (κ3) is 5.48. The average Bonchev–Trinajstić information content (AvgIpc) is 2.79. The predicted molar refractivity (Wildman–Crippen MR) is 132 cm³/mol. The zero-order valence-corrected chi connectivity index (χ0v) is 19.6. The molecule has 2 aliphatic rings. The van der Waals surface area contributed by atoms with E-state index in [2.05, 4.69) is 51.7 Å². The Balaban J connectivity index is 1.37. The van der Waals surface area contributed by atoms with Gasteiger partial charge in [-0.1, -0.05) is 23.7 Å². The number of rotatable bonds is 5. The van der Waals surface area contributed by atoms with E-state index < -0.39 is 0 Å². The first kappa shape index (κ1) is 22.3. The summed E-state index contributed by atoms with van der Waals surface area (Å²) in [5.41, 5.74) is 2.09. The second-order valence-corrected chi connectivity index (χ2v) is 9.50. The van der Waals surface area contributed by atoms with Crippen molar-refractivity contribution in [3.05, 3.63) is 53.2 Å². The Morgan fingerprint density at radius 1 is 1.26 bits per heavy atom. The van der Waals surface area contributed by atoms with Gasteiger partial charge in [0.15, 0.2) is 5.11 Å². The van der Waals surface area contributed by atoms with Crippen molar-refractivity contribution < 1.29 is 4.74 Å². The minimum atomic E-state index is -0.0403. The number of nitrogens with zero attached hydrogens (tertiary/aromatic N) is 2. The monoisotopic (exact) mass is 458 g/mol. The molecule has 5 nitrogen and oxygen atoms in total. The number of nitrogens with one attached hydrogen (secondary N) is 2. The molecule has 0 radical (unpaired) electrons. The van der Waals surface area contributed by atoms with E-state index in [1.54, 1.807) is 0 Å². The molecule has 2 aromatic rings. The van der Waals surface area contributed by atoms with Crippen LogP contribution >= 0.6 is 23.8 Å². The van der Waals surface area contributed by atoms with Gasteiger partial charge in [-0.3, -0.25) is 0 Å². The van der Waals surface area contributed by atoms with Crippen molar-refractivity contribution >= 4 is 40.4 Å². The Kier molecular flexibility index (Phi) is 7.31. The Bertz CT molecular complexity index is 885. The van der Waals surface area contributed by atoms with Gasteiger partial charge in [0.2, 0.25) is 0 Å². The highest BCUT2D eigenvalue weighted by molar-refractivity contribution is 7.80. The van der Waals surface area contributed by atoms with Crippen LogP contribution in [-0.4, -0.2) is 42.4 Å². The summed E-state index contributed by atoms with van der Waals surface area (Å²) in [4.78, 5) is 7.06. The number of hydrogen-bond donors (Lipinski definition) is 2. The zero-order valence-electron chi connectivity index (χ0n) is 18.1. The topological polar surface area (TPSA) is 49.4 Å². The molecule has 4 rings (SSSR count). The molecular formula is C24H31ClN4OS. The lowest BCUT2D eigenvalue weighted by atomic mass is 9.74. The molecule has 3 heterocycles. The number of anilines is 2. The van der Waals surface area contributed by atoms with Crippen LogP contribution in [0.3, 0.4) is 0 Å². The van der Waals surface area contributed by atoms with Gasteiger partial charge in [-0.2, -0.15) is 0 Å². The number of ether oxygens (including phenoxy) is 1. The Morgan fingerprint density at radius 3 is 2.81 bits per heavy atom. The fraction of sp³-hybridized carbons (Fsp3) is 0.500. The van der Waals surface area contributed by atoms with Crippen LogP contribution < -0.4 is 15.5 Å². The van der Waals surface area contributed by atoms with Crippen LogP contribution in [0.15, 0.2) is 42.6 Å². The van der Waals surface area contributed by atoms with Crippen LogP contribution in [0.25, 0.3) is 0 Å². The van der Waals surface area contributed by atoms with E-state index in [0.29, 0.717) is 11.2 Å². The summed E-state index contributed by atoms with van der Waals surface area (Å²) < 4.78 is 5.63. The largest absolute Gasteiger partial charge is 0.381 e. The highest BCUT2D eigenvalue weighted by Gasteiger charge is 2.34. The molecule has 0 aliphatic carbocycles. The fourth-order valence-electron chi connectivity index (χ4n) is 4.64. The number of thiocarbonyl (C=S) groups is 1. The standard InChI is InChI=1S/C24H31ClN4OS/c1-18-5-2-3-12-29(18)22-9-8-21(16-26-22)28-23(31)27-17-24(10-13-30-14-11-24)19-6-4-7-20(25)15-19/h4,6-9,15-16,18H,2-3,5,10-14,17H2,1H3,(H2,27,28,31). The number of hydrogen-bond acceptors (Lipinski definition) is 4. The first-order valence-electron chi connectivity index (χ1n) is 11.2. The van der Waals surface area contributed by atoms with Gasteiger partial charge in [0.1, 0.15) is 5.82 Å². The molecule has 2 N–H and O–H groups in total. The van der Waals surface area contributed by atoms with E-state index in [9.17, 15) is 0 Å². The summed E-state index contributed by atoms with van der Waals surface area (Å²) in [7, 11) is 0. The number of halogens is 1. The fourth-order valence-corrected chi connectivity index (χ4v) is 5.02. The molecule has 0 saturated carbocycles. The van der Waals surface area contributed by atoms with Crippen LogP contribution in [0, 0.1) is 0 Å².